The van der Waals surface area contributed by atoms with Crippen molar-refractivity contribution in [2.45, 2.75) is 37.6 Å². The molecular weight excluding hydrogens is 240 g/mol. The van der Waals surface area contributed by atoms with Crippen molar-refractivity contribution < 1.29 is 8.78 Å². The Labute approximate surface area is 106 Å². The lowest BCUT2D eigenvalue weighted by atomic mass is 10.1. The van der Waals surface area contributed by atoms with Crippen molar-refractivity contribution in [2.24, 2.45) is 0 Å². The SMILES string of the molecule is CC(C)(C)NCCCSc1ccc(F)c(F)c1. The first kappa shape index (κ1) is 14.5. The van der Waals surface area contributed by atoms with Crippen molar-refractivity contribution in [2.75, 3.05) is 12.3 Å². The Hall–Kier alpha value is -0.610. The molecule has 1 nitrogen and oxygen atoms in total. The van der Waals surface area contributed by atoms with E-state index in [9.17, 15) is 8.78 Å². The van der Waals surface area contributed by atoms with Gasteiger partial charge in [-0.1, -0.05) is 0 Å². The van der Waals surface area contributed by atoms with Crippen LogP contribution in [0.2, 0.25) is 0 Å². The van der Waals surface area contributed by atoms with Crippen LogP contribution in [0.5, 0.6) is 0 Å². The molecule has 0 aliphatic heterocycles. The van der Waals surface area contributed by atoms with Gasteiger partial charge in [-0.15, -0.1) is 11.8 Å². The smallest absolute Gasteiger partial charge is 0.159 e. The molecule has 0 aromatic heterocycles. The van der Waals surface area contributed by atoms with E-state index in [0.717, 1.165) is 23.6 Å². The second-order valence-corrected chi connectivity index (χ2v) is 6.12. The summed E-state index contributed by atoms with van der Waals surface area (Å²) in [6.07, 6.45) is 1.00. The maximum Gasteiger partial charge on any atom is 0.159 e. The molecule has 0 radical (unpaired) electrons. The first-order valence-corrected chi connectivity index (χ1v) is 6.70. The van der Waals surface area contributed by atoms with Crippen LogP contribution in [-0.2, 0) is 0 Å². The molecule has 1 aromatic carbocycles. The monoisotopic (exact) mass is 259 g/mol. The Morgan fingerprint density at radius 1 is 1.18 bits per heavy atom. The third kappa shape index (κ3) is 6.03. The first-order chi connectivity index (χ1) is 7.88. The number of thioether (sulfide) groups is 1. The minimum Gasteiger partial charge on any atom is -0.312 e. The molecule has 1 N–H and O–H groups in total. The summed E-state index contributed by atoms with van der Waals surface area (Å²) in [6.45, 7) is 7.29. The predicted molar refractivity (Wildman–Crippen MR) is 69.5 cm³/mol. The Morgan fingerprint density at radius 2 is 1.88 bits per heavy atom. The van der Waals surface area contributed by atoms with Crippen LogP contribution in [0.1, 0.15) is 27.2 Å². The van der Waals surface area contributed by atoms with Crippen molar-refractivity contribution in [3.05, 3.63) is 29.8 Å². The molecule has 0 saturated carbocycles. The van der Waals surface area contributed by atoms with E-state index in [4.69, 9.17) is 0 Å². The van der Waals surface area contributed by atoms with Gasteiger partial charge in [-0.3, -0.25) is 0 Å². The Bertz CT molecular complexity index is 361. The van der Waals surface area contributed by atoms with Gasteiger partial charge in [0.25, 0.3) is 0 Å². The number of rotatable bonds is 5. The summed E-state index contributed by atoms with van der Waals surface area (Å²) in [5, 5.41) is 3.38. The average Bonchev–Trinajstić information content (AvgIpc) is 2.21. The summed E-state index contributed by atoms with van der Waals surface area (Å²) in [5.41, 5.74) is 0.132. The van der Waals surface area contributed by atoms with Gasteiger partial charge in [0.1, 0.15) is 0 Å². The summed E-state index contributed by atoms with van der Waals surface area (Å²) >= 11 is 1.55. The molecule has 0 atom stereocenters. The van der Waals surface area contributed by atoms with Crippen molar-refractivity contribution in [3.8, 4) is 0 Å². The molecule has 0 heterocycles. The Morgan fingerprint density at radius 3 is 2.47 bits per heavy atom. The van der Waals surface area contributed by atoms with E-state index in [-0.39, 0.29) is 5.54 Å². The number of halogens is 2. The van der Waals surface area contributed by atoms with E-state index in [1.807, 2.05) is 0 Å². The zero-order valence-corrected chi connectivity index (χ0v) is 11.3. The predicted octanol–water partition coefficient (Wildman–Crippen LogP) is 3.84. The minimum absolute atomic E-state index is 0.132. The van der Waals surface area contributed by atoms with Crippen LogP contribution in [0.3, 0.4) is 0 Å². The second-order valence-electron chi connectivity index (χ2n) is 4.95. The van der Waals surface area contributed by atoms with Gasteiger partial charge >= 0.3 is 0 Å². The molecule has 1 aromatic rings. The van der Waals surface area contributed by atoms with Gasteiger partial charge in [0.2, 0.25) is 0 Å². The van der Waals surface area contributed by atoms with Crippen LogP contribution >= 0.6 is 11.8 Å². The summed E-state index contributed by atoms with van der Waals surface area (Å²) in [5.74, 6) is -0.666. The van der Waals surface area contributed by atoms with E-state index < -0.39 is 11.6 Å². The fourth-order valence-corrected chi connectivity index (χ4v) is 2.17. The lowest BCUT2D eigenvalue weighted by Crippen LogP contribution is -2.36. The van der Waals surface area contributed by atoms with Crippen LogP contribution in [0.25, 0.3) is 0 Å². The quantitative estimate of drug-likeness (QED) is 0.637. The van der Waals surface area contributed by atoms with Gasteiger partial charge in [-0.2, -0.15) is 0 Å². The fourth-order valence-electron chi connectivity index (χ4n) is 1.29. The molecule has 4 heteroatoms. The van der Waals surface area contributed by atoms with Crippen LogP contribution in [0, 0.1) is 11.6 Å². The highest BCUT2D eigenvalue weighted by Crippen LogP contribution is 2.20. The summed E-state index contributed by atoms with van der Waals surface area (Å²) in [4.78, 5) is 0.777. The normalized spacial score (nSPS) is 11.8. The van der Waals surface area contributed by atoms with Crippen molar-refractivity contribution in [3.63, 3.8) is 0 Å². The third-order valence-electron chi connectivity index (χ3n) is 2.14. The van der Waals surface area contributed by atoms with E-state index in [1.54, 1.807) is 17.8 Å². The zero-order valence-electron chi connectivity index (χ0n) is 10.5. The van der Waals surface area contributed by atoms with Crippen molar-refractivity contribution in [1.82, 2.24) is 5.32 Å². The van der Waals surface area contributed by atoms with E-state index in [0.29, 0.717) is 0 Å². The van der Waals surface area contributed by atoms with E-state index >= 15 is 0 Å². The van der Waals surface area contributed by atoms with Gasteiger partial charge in [0, 0.05) is 10.4 Å². The summed E-state index contributed by atoms with van der Waals surface area (Å²) in [6, 6.07) is 4.03. The van der Waals surface area contributed by atoms with E-state index in [1.165, 1.54) is 12.1 Å². The minimum atomic E-state index is -0.788. The highest BCUT2D eigenvalue weighted by Gasteiger charge is 2.07. The zero-order chi connectivity index (χ0) is 12.9. The van der Waals surface area contributed by atoms with Gasteiger partial charge in [-0.25, -0.2) is 8.78 Å². The average molecular weight is 259 g/mol. The van der Waals surface area contributed by atoms with Gasteiger partial charge in [0.15, 0.2) is 11.6 Å². The molecule has 17 heavy (non-hydrogen) atoms. The molecule has 0 bridgehead atoms. The number of hydrogen-bond acceptors (Lipinski definition) is 2. The van der Waals surface area contributed by atoms with Crippen LogP contribution in [0.15, 0.2) is 23.1 Å². The van der Waals surface area contributed by atoms with Crippen LogP contribution in [0.4, 0.5) is 8.78 Å². The lowest BCUT2D eigenvalue weighted by molar-refractivity contribution is 0.427. The van der Waals surface area contributed by atoms with Gasteiger partial charge in [0.05, 0.1) is 0 Å². The molecule has 0 aliphatic carbocycles. The highest BCUT2D eigenvalue weighted by atomic mass is 32.2. The van der Waals surface area contributed by atoms with Crippen LogP contribution < -0.4 is 5.32 Å². The highest BCUT2D eigenvalue weighted by molar-refractivity contribution is 7.99. The molecule has 0 aliphatic rings. The first-order valence-electron chi connectivity index (χ1n) is 5.71. The molecule has 0 fully saturated rings. The third-order valence-corrected chi connectivity index (χ3v) is 3.22. The lowest BCUT2D eigenvalue weighted by Gasteiger charge is -2.20. The molecule has 0 unspecified atom stereocenters. The number of hydrogen-bond donors (Lipinski definition) is 1. The van der Waals surface area contributed by atoms with Crippen molar-refractivity contribution in [1.29, 1.82) is 0 Å². The van der Waals surface area contributed by atoms with E-state index in [2.05, 4.69) is 26.1 Å². The summed E-state index contributed by atoms with van der Waals surface area (Å²) < 4.78 is 25.6. The molecule has 0 amide bonds. The molecule has 0 spiro atoms. The number of nitrogens with one attached hydrogen (secondary N) is 1. The molecule has 1 rings (SSSR count). The largest absolute Gasteiger partial charge is 0.312 e. The van der Waals surface area contributed by atoms with Crippen molar-refractivity contribution >= 4 is 11.8 Å². The van der Waals surface area contributed by atoms with Crippen LogP contribution in [-0.4, -0.2) is 17.8 Å². The van der Waals surface area contributed by atoms with Gasteiger partial charge in [-0.05, 0) is 57.7 Å². The second kappa shape index (κ2) is 6.36. The maximum absolute atomic E-state index is 12.9. The van der Waals surface area contributed by atoms with Gasteiger partial charge < -0.3 is 5.32 Å². The fraction of sp³-hybridized carbons (Fsp3) is 0.538. The summed E-state index contributed by atoms with van der Waals surface area (Å²) in [7, 11) is 0. The Balaban J connectivity index is 2.25. The maximum atomic E-state index is 12.9. The molecular formula is C13H19F2NS. The molecule has 96 valence electrons. The molecule has 0 saturated heterocycles. The topological polar surface area (TPSA) is 12.0 Å². The number of benzene rings is 1. The Kier molecular flexibility index (Phi) is 5.40. The standard InChI is InChI=1S/C13H19F2NS/c1-13(2,3)16-7-4-8-17-10-5-6-11(14)12(15)9-10/h5-6,9,16H,4,7-8H2,1-3H3.